The average Bonchev–Trinajstić information content (AvgIpc) is 3.13. The molecule has 8 nitrogen and oxygen atoms in total. The van der Waals surface area contributed by atoms with Gasteiger partial charge in [0.1, 0.15) is 5.75 Å². The van der Waals surface area contributed by atoms with E-state index in [-0.39, 0.29) is 11.2 Å². The van der Waals surface area contributed by atoms with Gasteiger partial charge in [-0.15, -0.1) is 0 Å². The topological polar surface area (TPSA) is 74.3 Å². The van der Waals surface area contributed by atoms with Crippen LogP contribution in [0.4, 0.5) is 11.6 Å². The maximum atomic E-state index is 13.3. The Bertz CT molecular complexity index is 1190. The van der Waals surface area contributed by atoms with Gasteiger partial charge in [-0.2, -0.15) is 4.98 Å². The second-order valence-corrected chi connectivity index (χ2v) is 8.09. The van der Waals surface area contributed by atoms with E-state index >= 15 is 0 Å². The van der Waals surface area contributed by atoms with E-state index in [0.717, 1.165) is 37.2 Å². The standard InChI is InChI=1S/C22H29N5O3/c1-5-6-9-12-25-20(28)18-19(24(3)22(25)29)23-21-26(13-15(2)14-27(18)21)16-10-7-8-11-17(16)30-4/h7-8,10-11,15H,5-6,9,12-14H2,1-4H3/t15-/m1/s1. The van der Waals surface area contributed by atoms with Crippen LogP contribution >= 0.6 is 0 Å². The molecule has 0 saturated carbocycles. The summed E-state index contributed by atoms with van der Waals surface area (Å²) in [6.45, 7) is 6.12. The molecule has 0 aliphatic carbocycles. The minimum absolute atomic E-state index is 0.253. The van der Waals surface area contributed by atoms with Gasteiger partial charge in [0.15, 0.2) is 11.2 Å². The Labute approximate surface area is 175 Å². The van der Waals surface area contributed by atoms with Crippen LogP contribution in [0.1, 0.15) is 33.1 Å². The zero-order chi connectivity index (χ0) is 21.4. The Morgan fingerprint density at radius 2 is 1.93 bits per heavy atom. The first-order valence-electron chi connectivity index (χ1n) is 10.6. The third kappa shape index (κ3) is 3.20. The Kier molecular flexibility index (Phi) is 5.40. The largest absolute Gasteiger partial charge is 0.495 e. The summed E-state index contributed by atoms with van der Waals surface area (Å²) in [6.07, 6.45) is 2.82. The summed E-state index contributed by atoms with van der Waals surface area (Å²) in [4.78, 5) is 33.1. The number of benzene rings is 1. The number of ether oxygens (including phenoxy) is 1. The van der Waals surface area contributed by atoms with E-state index in [1.54, 1.807) is 14.2 Å². The number of aryl methyl sites for hydroxylation is 1. The number of hydrogen-bond donors (Lipinski definition) is 0. The lowest BCUT2D eigenvalue weighted by Crippen LogP contribution is -2.40. The van der Waals surface area contributed by atoms with Crippen LogP contribution in [-0.2, 0) is 20.1 Å². The highest BCUT2D eigenvalue weighted by Gasteiger charge is 2.30. The number of rotatable bonds is 6. The lowest BCUT2D eigenvalue weighted by Gasteiger charge is -2.33. The Morgan fingerprint density at radius 1 is 1.17 bits per heavy atom. The zero-order valence-corrected chi connectivity index (χ0v) is 18.1. The van der Waals surface area contributed by atoms with Crippen LogP contribution in [0.2, 0.25) is 0 Å². The molecule has 3 aromatic rings. The molecule has 0 amide bonds. The molecular formula is C22H29N5O3. The average molecular weight is 412 g/mol. The third-order valence-electron chi connectivity index (χ3n) is 5.80. The molecule has 3 heterocycles. The molecule has 160 valence electrons. The number of anilines is 2. The van der Waals surface area contributed by atoms with Crippen molar-refractivity contribution >= 4 is 22.8 Å². The fourth-order valence-electron chi connectivity index (χ4n) is 4.28. The van der Waals surface area contributed by atoms with Crippen LogP contribution < -0.4 is 20.9 Å². The van der Waals surface area contributed by atoms with Gasteiger partial charge in [-0.3, -0.25) is 13.9 Å². The quantitative estimate of drug-likeness (QED) is 0.583. The molecule has 0 bridgehead atoms. The highest BCUT2D eigenvalue weighted by Crippen LogP contribution is 2.37. The van der Waals surface area contributed by atoms with E-state index in [1.165, 1.54) is 9.13 Å². The van der Waals surface area contributed by atoms with Gasteiger partial charge in [0.2, 0.25) is 5.95 Å². The number of aromatic nitrogens is 4. The van der Waals surface area contributed by atoms with E-state index < -0.39 is 0 Å². The molecular weight excluding hydrogens is 382 g/mol. The molecule has 0 N–H and O–H groups in total. The van der Waals surface area contributed by atoms with Crippen molar-refractivity contribution in [2.24, 2.45) is 13.0 Å². The van der Waals surface area contributed by atoms with Crippen molar-refractivity contribution in [3.63, 3.8) is 0 Å². The van der Waals surface area contributed by atoms with Crippen LogP contribution in [0.3, 0.4) is 0 Å². The molecule has 1 atom stereocenters. The van der Waals surface area contributed by atoms with Gasteiger partial charge in [-0.05, 0) is 24.5 Å². The molecule has 2 aromatic heterocycles. The van der Waals surface area contributed by atoms with Crippen molar-refractivity contribution < 1.29 is 4.74 Å². The maximum absolute atomic E-state index is 13.3. The summed E-state index contributed by atoms with van der Waals surface area (Å²) in [5, 5.41) is 0. The normalized spacial score (nSPS) is 16.1. The minimum Gasteiger partial charge on any atom is -0.495 e. The van der Waals surface area contributed by atoms with Crippen LogP contribution in [-0.4, -0.2) is 32.3 Å². The summed E-state index contributed by atoms with van der Waals surface area (Å²) in [5.74, 6) is 1.71. The van der Waals surface area contributed by atoms with Gasteiger partial charge >= 0.3 is 5.69 Å². The van der Waals surface area contributed by atoms with Gasteiger partial charge < -0.3 is 14.2 Å². The maximum Gasteiger partial charge on any atom is 0.332 e. The van der Waals surface area contributed by atoms with Gasteiger partial charge in [-0.25, -0.2) is 4.79 Å². The number of unbranched alkanes of at least 4 members (excludes halogenated alkanes) is 2. The highest BCUT2D eigenvalue weighted by atomic mass is 16.5. The van der Waals surface area contributed by atoms with Crippen molar-refractivity contribution in [2.45, 2.75) is 46.2 Å². The SMILES string of the molecule is CCCCCn1c(=O)c2c(nc3n2C[C@H](C)CN3c2ccccc2OC)n(C)c1=O. The molecule has 1 aliphatic rings. The lowest BCUT2D eigenvalue weighted by atomic mass is 10.1. The monoisotopic (exact) mass is 411 g/mol. The van der Waals surface area contributed by atoms with Crippen LogP contribution in [0.15, 0.2) is 33.9 Å². The predicted molar refractivity (Wildman–Crippen MR) is 118 cm³/mol. The second kappa shape index (κ2) is 8.01. The molecule has 8 heteroatoms. The molecule has 0 radical (unpaired) electrons. The van der Waals surface area contributed by atoms with Crippen molar-refractivity contribution in [1.29, 1.82) is 0 Å². The van der Waals surface area contributed by atoms with Crippen LogP contribution in [0, 0.1) is 5.92 Å². The number of nitrogens with zero attached hydrogens (tertiary/aromatic N) is 5. The predicted octanol–water partition coefficient (Wildman–Crippen LogP) is 2.88. The first kappa shape index (κ1) is 20.3. The number of hydrogen-bond acceptors (Lipinski definition) is 5. The van der Waals surface area contributed by atoms with Crippen LogP contribution in [0.25, 0.3) is 11.2 Å². The van der Waals surface area contributed by atoms with Crippen molar-refractivity contribution in [2.75, 3.05) is 18.6 Å². The smallest absolute Gasteiger partial charge is 0.332 e. The third-order valence-corrected chi connectivity index (χ3v) is 5.80. The fourth-order valence-corrected chi connectivity index (χ4v) is 4.28. The van der Waals surface area contributed by atoms with Crippen molar-refractivity contribution in [3.05, 3.63) is 45.1 Å². The number of para-hydroxylation sites is 2. The van der Waals surface area contributed by atoms with E-state index in [0.29, 0.717) is 36.1 Å². The molecule has 1 aromatic carbocycles. The molecule has 4 rings (SSSR count). The highest BCUT2D eigenvalue weighted by molar-refractivity contribution is 5.78. The van der Waals surface area contributed by atoms with Crippen molar-refractivity contribution in [1.82, 2.24) is 18.7 Å². The van der Waals surface area contributed by atoms with Gasteiger partial charge in [0, 0.05) is 26.7 Å². The molecule has 0 fully saturated rings. The van der Waals surface area contributed by atoms with E-state index in [2.05, 4.69) is 18.7 Å². The summed E-state index contributed by atoms with van der Waals surface area (Å²) in [6, 6.07) is 7.79. The van der Waals surface area contributed by atoms with E-state index in [9.17, 15) is 9.59 Å². The Morgan fingerprint density at radius 3 is 2.67 bits per heavy atom. The molecule has 30 heavy (non-hydrogen) atoms. The summed E-state index contributed by atoms with van der Waals surface area (Å²) in [5.41, 5.74) is 1.26. The number of imidazole rings is 1. The molecule has 0 unspecified atom stereocenters. The molecule has 0 spiro atoms. The lowest BCUT2D eigenvalue weighted by molar-refractivity contribution is 0.409. The second-order valence-electron chi connectivity index (χ2n) is 8.09. The summed E-state index contributed by atoms with van der Waals surface area (Å²) < 4.78 is 10.4. The summed E-state index contributed by atoms with van der Waals surface area (Å²) >= 11 is 0. The minimum atomic E-state index is -0.309. The number of methoxy groups -OCH3 is 1. The first-order chi connectivity index (χ1) is 14.5. The molecule has 1 aliphatic heterocycles. The summed E-state index contributed by atoms with van der Waals surface area (Å²) in [7, 11) is 3.34. The zero-order valence-electron chi connectivity index (χ0n) is 18.1. The molecule has 0 saturated heterocycles. The Balaban J connectivity index is 1.94. The first-order valence-corrected chi connectivity index (χ1v) is 10.6. The van der Waals surface area contributed by atoms with Gasteiger partial charge in [0.25, 0.3) is 5.56 Å². The van der Waals surface area contributed by atoms with Gasteiger partial charge in [-0.1, -0.05) is 38.8 Å². The number of fused-ring (bicyclic) bond motifs is 3. The van der Waals surface area contributed by atoms with Gasteiger partial charge in [0.05, 0.1) is 12.8 Å². The fraction of sp³-hybridized carbons (Fsp3) is 0.500. The van der Waals surface area contributed by atoms with Crippen molar-refractivity contribution in [3.8, 4) is 5.75 Å². The van der Waals surface area contributed by atoms with E-state index in [4.69, 9.17) is 9.72 Å². The van der Waals surface area contributed by atoms with E-state index in [1.807, 2.05) is 28.8 Å². The van der Waals surface area contributed by atoms with Crippen LogP contribution in [0.5, 0.6) is 5.75 Å². The Hall–Kier alpha value is -3.03.